The van der Waals surface area contributed by atoms with Crippen LogP contribution in [0.5, 0.6) is 0 Å². The number of hydrogen-bond donors (Lipinski definition) is 0. The maximum atomic E-state index is 4.24. The lowest BCUT2D eigenvalue weighted by atomic mass is 10.2. The monoisotopic (exact) mass is 224 g/mol. The minimum atomic E-state index is 1.09. The normalized spacial score (nSPS) is 10.7. The van der Waals surface area contributed by atoms with Crippen molar-refractivity contribution in [2.45, 2.75) is 26.7 Å². The lowest BCUT2D eigenvalue weighted by Gasteiger charge is -1.92. The SMILES string of the molecule is Cc1ncc(CCc2cnc(C)s2)s1. The second-order valence-corrected chi connectivity index (χ2v) is 5.83. The predicted octanol–water partition coefficient (Wildman–Crippen LogP) is 3.00. The van der Waals surface area contributed by atoms with Crippen molar-refractivity contribution in [3.63, 3.8) is 0 Å². The van der Waals surface area contributed by atoms with E-state index < -0.39 is 0 Å². The van der Waals surface area contributed by atoms with Crippen LogP contribution >= 0.6 is 22.7 Å². The highest BCUT2D eigenvalue weighted by Gasteiger charge is 2.01. The molecule has 0 aliphatic carbocycles. The Labute approximate surface area is 91.7 Å². The van der Waals surface area contributed by atoms with Crippen LogP contribution in [0, 0.1) is 13.8 Å². The van der Waals surface area contributed by atoms with E-state index in [1.165, 1.54) is 9.75 Å². The molecule has 74 valence electrons. The van der Waals surface area contributed by atoms with Crippen LogP contribution in [0.2, 0.25) is 0 Å². The molecule has 2 aromatic heterocycles. The van der Waals surface area contributed by atoms with Gasteiger partial charge in [-0.25, -0.2) is 9.97 Å². The Hall–Kier alpha value is -0.740. The summed E-state index contributed by atoms with van der Waals surface area (Å²) in [5.74, 6) is 0. The third-order valence-corrected chi connectivity index (χ3v) is 3.90. The van der Waals surface area contributed by atoms with Gasteiger partial charge in [0, 0.05) is 22.1 Å². The van der Waals surface area contributed by atoms with E-state index >= 15 is 0 Å². The Bertz CT molecular complexity index is 377. The van der Waals surface area contributed by atoms with Gasteiger partial charge < -0.3 is 0 Å². The van der Waals surface area contributed by atoms with E-state index in [9.17, 15) is 0 Å². The first-order valence-electron chi connectivity index (χ1n) is 4.56. The summed E-state index contributed by atoms with van der Waals surface area (Å²) in [7, 11) is 0. The van der Waals surface area contributed by atoms with Crippen LogP contribution in [0.3, 0.4) is 0 Å². The Balaban J connectivity index is 1.94. The smallest absolute Gasteiger partial charge is 0.0896 e. The fraction of sp³-hybridized carbons (Fsp3) is 0.400. The number of hydrogen-bond acceptors (Lipinski definition) is 4. The second kappa shape index (κ2) is 4.19. The summed E-state index contributed by atoms with van der Waals surface area (Å²) in [6, 6.07) is 0. The number of rotatable bonds is 3. The minimum Gasteiger partial charge on any atom is -0.250 e. The topological polar surface area (TPSA) is 25.8 Å². The highest BCUT2D eigenvalue weighted by molar-refractivity contribution is 7.12. The van der Waals surface area contributed by atoms with Crippen molar-refractivity contribution in [2.24, 2.45) is 0 Å². The molecule has 2 nitrogen and oxygen atoms in total. The molecule has 0 aliphatic rings. The third kappa shape index (κ3) is 2.39. The lowest BCUT2D eigenvalue weighted by molar-refractivity contribution is 0.992. The highest BCUT2D eigenvalue weighted by Crippen LogP contribution is 2.17. The van der Waals surface area contributed by atoms with Crippen LogP contribution in [0.15, 0.2) is 12.4 Å². The first-order valence-corrected chi connectivity index (χ1v) is 6.20. The van der Waals surface area contributed by atoms with E-state index in [2.05, 4.69) is 9.97 Å². The molecule has 0 N–H and O–H groups in total. The summed E-state index contributed by atoms with van der Waals surface area (Å²) in [5, 5.41) is 2.31. The van der Waals surface area contributed by atoms with E-state index in [-0.39, 0.29) is 0 Å². The number of aryl methyl sites for hydroxylation is 4. The molecule has 2 heterocycles. The number of thiazole rings is 2. The average molecular weight is 224 g/mol. The van der Waals surface area contributed by atoms with Crippen molar-refractivity contribution < 1.29 is 0 Å². The fourth-order valence-corrected chi connectivity index (χ4v) is 2.88. The molecule has 4 heteroatoms. The zero-order chi connectivity index (χ0) is 9.97. The summed E-state index contributed by atoms with van der Waals surface area (Å²) in [5.41, 5.74) is 0. The molecular formula is C10H12N2S2. The predicted molar refractivity (Wildman–Crippen MR) is 61.1 cm³/mol. The zero-order valence-electron chi connectivity index (χ0n) is 8.28. The molecule has 0 radical (unpaired) electrons. The van der Waals surface area contributed by atoms with Crippen molar-refractivity contribution >= 4 is 22.7 Å². The Kier molecular flexibility index (Phi) is 2.93. The Morgan fingerprint density at radius 3 is 1.64 bits per heavy atom. The van der Waals surface area contributed by atoms with Crippen LogP contribution in [0.25, 0.3) is 0 Å². The van der Waals surface area contributed by atoms with Crippen molar-refractivity contribution in [3.05, 3.63) is 32.2 Å². The van der Waals surface area contributed by atoms with Crippen LogP contribution in [-0.4, -0.2) is 9.97 Å². The molecule has 2 aromatic rings. The van der Waals surface area contributed by atoms with Crippen molar-refractivity contribution in [1.29, 1.82) is 0 Å². The number of nitrogens with zero attached hydrogens (tertiary/aromatic N) is 2. The molecule has 0 bridgehead atoms. The van der Waals surface area contributed by atoms with Crippen molar-refractivity contribution in [3.8, 4) is 0 Å². The van der Waals surface area contributed by atoms with Gasteiger partial charge in [-0.15, -0.1) is 22.7 Å². The quantitative estimate of drug-likeness (QED) is 0.801. The van der Waals surface area contributed by atoms with Gasteiger partial charge in [0.2, 0.25) is 0 Å². The summed E-state index contributed by atoms with van der Waals surface area (Å²) in [6.45, 7) is 4.09. The van der Waals surface area contributed by atoms with Crippen LogP contribution < -0.4 is 0 Å². The molecule has 0 spiro atoms. The van der Waals surface area contributed by atoms with E-state index in [1.54, 1.807) is 22.7 Å². The first kappa shape index (κ1) is 9.80. The molecule has 2 rings (SSSR count). The van der Waals surface area contributed by atoms with Gasteiger partial charge in [-0.2, -0.15) is 0 Å². The van der Waals surface area contributed by atoms with Gasteiger partial charge in [-0.3, -0.25) is 0 Å². The molecule has 14 heavy (non-hydrogen) atoms. The van der Waals surface area contributed by atoms with Crippen LogP contribution in [0.1, 0.15) is 19.8 Å². The first-order chi connectivity index (χ1) is 6.74. The van der Waals surface area contributed by atoms with Crippen LogP contribution in [0.4, 0.5) is 0 Å². The van der Waals surface area contributed by atoms with Crippen LogP contribution in [-0.2, 0) is 12.8 Å². The molecule has 0 fully saturated rings. The van der Waals surface area contributed by atoms with Gasteiger partial charge in [0.25, 0.3) is 0 Å². The van der Waals surface area contributed by atoms with E-state index in [0.29, 0.717) is 0 Å². The molecule has 0 amide bonds. The number of aromatic nitrogens is 2. The molecule has 0 aliphatic heterocycles. The molecule has 0 aromatic carbocycles. The maximum Gasteiger partial charge on any atom is 0.0896 e. The van der Waals surface area contributed by atoms with Gasteiger partial charge in [0.1, 0.15) is 0 Å². The fourth-order valence-electron chi connectivity index (χ4n) is 1.29. The molecule has 0 saturated carbocycles. The van der Waals surface area contributed by atoms with Gasteiger partial charge in [-0.1, -0.05) is 0 Å². The van der Waals surface area contributed by atoms with Gasteiger partial charge >= 0.3 is 0 Å². The summed E-state index contributed by atoms with van der Waals surface area (Å²) < 4.78 is 0. The average Bonchev–Trinajstić information content (AvgIpc) is 2.72. The largest absolute Gasteiger partial charge is 0.250 e. The van der Waals surface area contributed by atoms with E-state index in [4.69, 9.17) is 0 Å². The second-order valence-electron chi connectivity index (χ2n) is 3.19. The zero-order valence-corrected chi connectivity index (χ0v) is 9.91. The molecule has 0 unspecified atom stereocenters. The summed E-state index contributed by atoms with van der Waals surface area (Å²) in [4.78, 5) is 11.2. The molecule has 0 atom stereocenters. The Morgan fingerprint density at radius 1 is 0.929 bits per heavy atom. The van der Waals surface area contributed by atoms with Gasteiger partial charge in [-0.05, 0) is 26.7 Å². The van der Waals surface area contributed by atoms with Crippen molar-refractivity contribution in [2.75, 3.05) is 0 Å². The van der Waals surface area contributed by atoms with E-state index in [1.807, 2.05) is 26.2 Å². The Morgan fingerprint density at radius 2 is 1.36 bits per heavy atom. The standard InChI is InChI=1S/C10H12N2S2/c1-7-11-5-9(13-7)3-4-10-6-12-8(2)14-10/h5-6H,3-4H2,1-2H3. The maximum absolute atomic E-state index is 4.24. The minimum absolute atomic E-state index is 1.09. The lowest BCUT2D eigenvalue weighted by Crippen LogP contribution is -1.84. The van der Waals surface area contributed by atoms with Gasteiger partial charge in [0.15, 0.2) is 0 Å². The van der Waals surface area contributed by atoms with Gasteiger partial charge in [0.05, 0.1) is 10.0 Å². The third-order valence-electron chi connectivity index (χ3n) is 1.96. The summed E-state index contributed by atoms with van der Waals surface area (Å²) >= 11 is 3.57. The van der Waals surface area contributed by atoms with Crippen molar-refractivity contribution in [1.82, 2.24) is 9.97 Å². The molecular weight excluding hydrogens is 212 g/mol. The highest BCUT2D eigenvalue weighted by atomic mass is 32.1. The molecule has 0 saturated heterocycles. The summed E-state index contributed by atoms with van der Waals surface area (Å²) in [6.07, 6.45) is 6.14. The van der Waals surface area contributed by atoms with E-state index in [0.717, 1.165) is 22.9 Å².